The molecule has 0 radical (unpaired) electrons. The minimum absolute atomic E-state index is 0.0167. The van der Waals surface area contributed by atoms with Gasteiger partial charge in [0.1, 0.15) is 43.4 Å². The van der Waals surface area contributed by atoms with Crippen molar-refractivity contribution in [1.29, 1.82) is 0 Å². The number of hydrogen-bond acceptors (Lipinski definition) is 13. The van der Waals surface area contributed by atoms with E-state index in [9.17, 15) is 14.4 Å². The topological polar surface area (TPSA) is 155 Å². The van der Waals surface area contributed by atoms with E-state index in [4.69, 9.17) is 5.11 Å². The van der Waals surface area contributed by atoms with Gasteiger partial charge in [-0.05, 0) is 12.5 Å². The molecule has 0 unspecified atom stereocenters. The number of thioether (sulfide) groups is 2. The molecular weight excluding hydrogens is 533 g/mol. The lowest BCUT2D eigenvalue weighted by Gasteiger charge is -2.17. The molecule has 0 fully saturated rings. The molecule has 0 bridgehead atoms. The molecule has 0 spiro atoms. The molecule has 12 nitrogen and oxygen atoms in total. The molecule has 35 heavy (non-hydrogen) atoms. The van der Waals surface area contributed by atoms with Crippen molar-refractivity contribution in [2.24, 2.45) is 0 Å². The number of nitrogens with zero attached hydrogens (tertiary/aromatic N) is 8. The average molecular weight is 553 g/mol. The summed E-state index contributed by atoms with van der Waals surface area (Å²) in [4.78, 5) is 63.2. The minimum Gasteiger partial charge on any atom is -0.476 e. The summed E-state index contributed by atoms with van der Waals surface area (Å²) in [6.45, 7) is 0.0167. The SMILES string of the molecule is CSc1ncnc2sc(C(=O)N(C)CC(=O)N(C)C)nc12.CSc1ncnc2sc(C(=O)O)nc12. The lowest BCUT2D eigenvalue weighted by atomic mass is 10.4. The summed E-state index contributed by atoms with van der Waals surface area (Å²) in [5.41, 5.74) is 1.20. The number of carbonyl (C=O) groups excluding carboxylic acids is 2. The van der Waals surface area contributed by atoms with E-state index in [0.717, 1.165) is 16.4 Å². The summed E-state index contributed by atoms with van der Waals surface area (Å²) in [6.07, 6.45) is 6.63. The molecule has 4 aromatic heterocycles. The summed E-state index contributed by atoms with van der Waals surface area (Å²) in [5, 5.41) is 10.6. The monoisotopic (exact) mass is 552 g/mol. The summed E-state index contributed by atoms with van der Waals surface area (Å²) in [7, 11) is 4.88. The van der Waals surface area contributed by atoms with Crippen LogP contribution in [0.4, 0.5) is 0 Å². The Balaban J connectivity index is 0.000000211. The van der Waals surface area contributed by atoms with E-state index >= 15 is 0 Å². The van der Waals surface area contributed by atoms with Crippen LogP contribution in [0.3, 0.4) is 0 Å². The van der Waals surface area contributed by atoms with E-state index < -0.39 is 5.97 Å². The summed E-state index contributed by atoms with van der Waals surface area (Å²) < 4.78 is 0. The fourth-order valence-corrected chi connectivity index (χ4v) is 5.28. The van der Waals surface area contributed by atoms with Gasteiger partial charge >= 0.3 is 5.97 Å². The van der Waals surface area contributed by atoms with E-state index in [0.29, 0.717) is 30.7 Å². The van der Waals surface area contributed by atoms with Gasteiger partial charge in [0.2, 0.25) is 10.9 Å². The summed E-state index contributed by atoms with van der Waals surface area (Å²) in [6, 6.07) is 0. The molecule has 0 aliphatic carbocycles. The van der Waals surface area contributed by atoms with Crippen molar-refractivity contribution < 1.29 is 19.5 Å². The van der Waals surface area contributed by atoms with Crippen LogP contribution in [0.15, 0.2) is 22.7 Å². The number of amides is 2. The van der Waals surface area contributed by atoms with Gasteiger partial charge in [0, 0.05) is 21.1 Å². The molecule has 1 N–H and O–H groups in total. The van der Waals surface area contributed by atoms with Crippen LogP contribution in [-0.2, 0) is 4.79 Å². The zero-order valence-electron chi connectivity index (χ0n) is 19.2. The molecule has 0 saturated heterocycles. The van der Waals surface area contributed by atoms with Crippen molar-refractivity contribution in [2.45, 2.75) is 10.1 Å². The number of carboxylic acid groups (broad SMARTS) is 1. The third-order valence-corrected chi connectivity index (χ3v) is 7.57. The highest BCUT2D eigenvalue weighted by Crippen LogP contribution is 2.27. The molecule has 0 aromatic carbocycles. The Morgan fingerprint density at radius 1 is 0.857 bits per heavy atom. The van der Waals surface area contributed by atoms with Gasteiger partial charge in [-0.2, -0.15) is 0 Å². The molecule has 16 heteroatoms. The van der Waals surface area contributed by atoms with Crippen molar-refractivity contribution in [3.05, 3.63) is 22.7 Å². The number of carbonyl (C=O) groups is 3. The molecule has 184 valence electrons. The first-order valence-electron chi connectivity index (χ1n) is 9.66. The number of carboxylic acids is 1. The first kappa shape index (κ1) is 26.7. The third-order valence-electron chi connectivity index (χ3n) is 4.29. The van der Waals surface area contributed by atoms with Gasteiger partial charge in [-0.25, -0.2) is 34.7 Å². The van der Waals surface area contributed by atoms with E-state index in [-0.39, 0.29) is 23.4 Å². The number of fused-ring (bicyclic) bond motifs is 2. The lowest BCUT2D eigenvalue weighted by Crippen LogP contribution is -2.37. The van der Waals surface area contributed by atoms with Crippen molar-refractivity contribution in [3.63, 3.8) is 0 Å². The van der Waals surface area contributed by atoms with Crippen LogP contribution in [0, 0.1) is 0 Å². The van der Waals surface area contributed by atoms with Gasteiger partial charge in [0.05, 0.1) is 6.54 Å². The molecule has 4 rings (SSSR count). The van der Waals surface area contributed by atoms with Crippen LogP contribution in [0.25, 0.3) is 20.7 Å². The largest absolute Gasteiger partial charge is 0.476 e. The number of rotatable bonds is 6. The quantitative estimate of drug-likeness (QED) is 0.276. The van der Waals surface area contributed by atoms with Crippen molar-refractivity contribution >= 4 is 84.7 Å². The van der Waals surface area contributed by atoms with Crippen molar-refractivity contribution in [3.8, 4) is 0 Å². The lowest BCUT2D eigenvalue weighted by molar-refractivity contribution is -0.129. The van der Waals surface area contributed by atoms with Crippen LogP contribution in [0.5, 0.6) is 0 Å². The van der Waals surface area contributed by atoms with Crippen LogP contribution in [0.2, 0.25) is 0 Å². The Morgan fingerprint density at radius 2 is 1.34 bits per heavy atom. The van der Waals surface area contributed by atoms with Gasteiger partial charge in [0.15, 0.2) is 5.01 Å². The summed E-state index contributed by atoms with van der Waals surface area (Å²) in [5.74, 6) is -1.46. The number of likely N-dealkylation sites (N-methyl/N-ethyl adjacent to an activating group) is 2. The first-order valence-corrected chi connectivity index (χ1v) is 13.7. The van der Waals surface area contributed by atoms with E-state index in [1.165, 1.54) is 57.3 Å². The highest BCUT2D eigenvalue weighted by Gasteiger charge is 2.21. The van der Waals surface area contributed by atoms with Crippen molar-refractivity contribution in [2.75, 3.05) is 40.2 Å². The van der Waals surface area contributed by atoms with Crippen molar-refractivity contribution in [1.82, 2.24) is 39.7 Å². The first-order chi connectivity index (χ1) is 16.7. The molecular formula is C19H20N8O4S4. The van der Waals surface area contributed by atoms with Gasteiger partial charge in [-0.1, -0.05) is 22.7 Å². The predicted molar refractivity (Wildman–Crippen MR) is 137 cm³/mol. The Morgan fingerprint density at radius 3 is 1.80 bits per heavy atom. The average Bonchev–Trinajstić information content (AvgIpc) is 3.48. The molecule has 0 saturated carbocycles. The van der Waals surface area contributed by atoms with Crippen LogP contribution in [0.1, 0.15) is 19.6 Å². The molecule has 0 atom stereocenters. The van der Waals surface area contributed by atoms with E-state index in [1.54, 1.807) is 21.1 Å². The highest BCUT2D eigenvalue weighted by atomic mass is 32.2. The van der Waals surface area contributed by atoms with Crippen LogP contribution < -0.4 is 0 Å². The number of thiazole rings is 2. The van der Waals surface area contributed by atoms with Gasteiger partial charge in [0.25, 0.3) is 5.91 Å². The molecule has 4 heterocycles. The Bertz CT molecular complexity index is 1390. The van der Waals surface area contributed by atoms with E-state index in [1.807, 2.05) is 12.5 Å². The maximum Gasteiger partial charge on any atom is 0.365 e. The zero-order chi connectivity index (χ0) is 25.7. The fourth-order valence-electron chi connectivity index (χ4n) is 2.53. The molecule has 2 amide bonds. The summed E-state index contributed by atoms with van der Waals surface area (Å²) >= 11 is 5.14. The smallest absolute Gasteiger partial charge is 0.365 e. The second-order valence-corrected chi connectivity index (χ2v) is 10.4. The Labute approximate surface area is 216 Å². The minimum atomic E-state index is -1.03. The zero-order valence-corrected chi connectivity index (χ0v) is 22.5. The Kier molecular flexibility index (Phi) is 8.87. The maximum absolute atomic E-state index is 12.3. The fraction of sp³-hybridized carbons (Fsp3) is 0.316. The van der Waals surface area contributed by atoms with E-state index in [2.05, 4.69) is 29.9 Å². The number of aromatic carboxylic acids is 1. The number of aromatic nitrogens is 6. The van der Waals surface area contributed by atoms with Crippen LogP contribution in [-0.4, -0.2) is 103 Å². The second-order valence-electron chi connectivity index (χ2n) is 6.87. The number of hydrogen-bond donors (Lipinski definition) is 1. The standard InChI is InChI=1S/C12H15N5O2S2.C7H5N3O2S2/c1-16(2)7(18)5-17(3)12(19)11-15-8-9(20-4)13-6-14-10(8)21-11;1-13-4-3-5(9-2-8-4)14-6(10-3)7(11)12/h6H,5H2,1-4H3;2H,1H3,(H,11,12). The van der Waals surface area contributed by atoms with Gasteiger partial charge in [-0.15, -0.1) is 23.5 Å². The van der Waals surface area contributed by atoms with Gasteiger partial charge in [-0.3, -0.25) is 9.59 Å². The second kappa shape index (κ2) is 11.7. The third kappa shape index (κ3) is 6.19. The Hall–Kier alpha value is -2.95. The molecule has 4 aromatic rings. The van der Waals surface area contributed by atoms with Crippen LogP contribution >= 0.6 is 46.2 Å². The predicted octanol–water partition coefficient (Wildman–Crippen LogP) is 2.47. The maximum atomic E-state index is 12.3. The molecule has 0 aliphatic heterocycles. The highest BCUT2D eigenvalue weighted by molar-refractivity contribution is 7.99. The normalized spacial score (nSPS) is 10.7. The van der Waals surface area contributed by atoms with Gasteiger partial charge < -0.3 is 14.9 Å². The molecule has 0 aliphatic rings.